The molecule has 4 rings (SSSR count). The zero-order valence-corrected chi connectivity index (χ0v) is 18.1. The van der Waals surface area contributed by atoms with Crippen molar-refractivity contribution >= 4 is 32.9 Å². The lowest BCUT2D eigenvalue weighted by molar-refractivity contribution is 0.108. The summed E-state index contributed by atoms with van der Waals surface area (Å²) in [6, 6.07) is 0.634. The molecule has 0 amide bonds. The summed E-state index contributed by atoms with van der Waals surface area (Å²) in [5.74, 6) is 0.956. The van der Waals surface area contributed by atoms with Gasteiger partial charge in [-0.05, 0) is 51.8 Å². The normalized spacial score (nSPS) is 24.5. The van der Waals surface area contributed by atoms with Gasteiger partial charge in [0.05, 0.1) is 18.5 Å². The minimum atomic E-state index is -1.16. The van der Waals surface area contributed by atoms with Crippen LogP contribution in [0.4, 0.5) is 0 Å². The maximum Gasteiger partial charge on any atom is 0.225 e. The van der Waals surface area contributed by atoms with E-state index in [1.54, 1.807) is 17.7 Å². The zero-order chi connectivity index (χ0) is 19.7. The third-order valence-electron chi connectivity index (χ3n) is 5.76. The first-order chi connectivity index (χ1) is 13.6. The van der Waals surface area contributed by atoms with Crippen molar-refractivity contribution in [2.75, 3.05) is 33.0 Å². The Hall–Kier alpha value is -0.970. The predicted octanol–water partition coefficient (Wildman–Crippen LogP) is 1.96. The highest BCUT2D eigenvalue weighted by Crippen LogP contribution is 2.39. The average Bonchev–Trinajstić information content (AvgIpc) is 3.07. The lowest BCUT2D eigenvalue weighted by Crippen LogP contribution is -2.37. The van der Waals surface area contributed by atoms with E-state index in [4.69, 9.17) is 9.84 Å². The Labute approximate surface area is 173 Å². The number of rotatable bonds is 6. The second kappa shape index (κ2) is 8.81. The number of aliphatic hydroxyl groups is 1. The van der Waals surface area contributed by atoms with Crippen LogP contribution >= 0.6 is 11.3 Å². The van der Waals surface area contributed by atoms with Crippen molar-refractivity contribution in [3.05, 3.63) is 16.8 Å². The van der Waals surface area contributed by atoms with E-state index >= 15 is 0 Å². The van der Waals surface area contributed by atoms with Crippen LogP contribution in [0.3, 0.4) is 0 Å². The monoisotopic (exact) mass is 424 g/mol. The number of ether oxygens (including phenoxy) is 1. The molecule has 1 fully saturated rings. The number of nitrogens with zero attached hydrogens (tertiary/aromatic N) is 4. The van der Waals surface area contributed by atoms with Gasteiger partial charge in [-0.15, -0.1) is 15.6 Å². The molecule has 0 radical (unpaired) electrons. The van der Waals surface area contributed by atoms with E-state index in [1.165, 1.54) is 4.88 Å². The lowest BCUT2D eigenvalue weighted by atomic mass is 9.92. The molecule has 2 aliphatic rings. The molecule has 1 unspecified atom stereocenters. The Morgan fingerprint density at radius 2 is 2.11 bits per heavy atom. The van der Waals surface area contributed by atoms with Crippen molar-refractivity contribution in [3.63, 3.8) is 0 Å². The van der Waals surface area contributed by atoms with E-state index in [0.717, 1.165) is 54.4 Å². The maximum absolute atomic E-state index is 12.4. The number of hydrogen-bond acceptors (Lipinski definition) is 8. The first-order valence-electron chi connectivity index (χ1n) is 9.89. The van der Waals surface area contributed by atoms with E-state index in [-0.39, 0.29) is 18.5 Å². The topological polar surface area (TPSA) is 84.8 Å². The quantitative estimate of drug-likeness (QED) is 0.710. The Bertz CT molecular complexity index is 808. The van der Waals surface area contributed by atoms with Crippen LogP contribution in [0.15, 0.2) is 6.33 Å². The highest BCUT2D eigenvalue weighted by atomic mass is 32.2. The molecule has 7 nitrogen and oxygen atoms in total. The summed E-state index contributed by atoms with van der Waals surface area (Å²) in [6.07, 6.45) is 6.98. The SMILES string of the molecule is CN(C)[C@H]1CC[C@H](Oc2ncnc3sc4c(c23)CN([S+]([O-])CCO)CC4)CC1. The molecule has 0 saturated heterocycles. The average molecular weight is 425 g/mol. The third-order valence-corrected chi connectivity index (χ3v) is 8.38. The maximum atomic E-state index is 12.4. The van der Waals surface area contributed by atoms with Crippen LogP contribution in [0.2, 0.25) is 0 Å². The summed E-state index contributed by atoms with van der Waals surface area (Å²) >= 11 is 0.534. The van der Waals surface area contributed by atoms with Crippen LogP contribution in [-0.2, 0) is 24.3 Å². The van der Waals surface area contributed by atoms with Crippen LogP contribution in [0.25, 0.3) is 10.2 Å². The van der Waals surface area contributed by atoms with Crippen molar-refractivity contribution < 1.29 is 14.4 Å². The summed E-state index contributed by atoms with van der Waals surface area (Å²) in [5.41, 5.74) is 1.15. The van der Waals surface area contributed by atoms with Gasteiger partial charge in [0.15, 0.2) is 0 Å². The fourth-order valence-electron chi connectivity index (χ4n) is 4.17. The minimum absolute atomic E-state index is 0.0621. The van der Waals surface area contributed by atoms with Crippen molar-refractivity contribution in [3.8, 4) is 5.88 Å². The van der Waals surface area contributed by atoms with Gasteiger partial charge in [0, 0.05) is 28.8 Å². The van der Waals surface area contributed by atoms with E-state index in [2.05, 4.69) is 29.0 Å². The third kappa shape index (κ3) is 4.15. The molecule has 2 aromatic rings. The minimum Gasteiger partial charge on any atom is -0.598 e. The van der Waals surface area contributed by atoms with Crippen LogP contribution in [0, 0.1) is 0 Å². The molecule has 1 N–H and O–H groups in total. The highest BCUT2D eigenvalue weighted by Gasteiger charge is 2.31. The molecule has 0 spiro atoms. The molecule has 1 saturated carbocycles. The standard InChI is InChI=1S/C19H28N4O3S2/c1-22(2)13-3-5-14(6-4-13)26-18-17-15-11-23(28(25)10-9-24)8-7-16(15)27-19(17)21-12-20-18/h12-14,24H,3-11H2,1-2H3/t13-,14-,28?. The molecule has 1 aliphatic carbocycles. The zero-order valence-electron chi connectivity index (χ0n) is 16.5. The summed E-state index contributed by atoms with van der Waals surface area (Å²) in [4.78, 5) is 13.5. The molecule has 1 atom stereocenters. The Balaban J connectivity index is 1.55. The number of fused-ring (bicyclic) bond motifs is 3. The molecule has 28 heavy (non-hydrogen) atoms. The molecule has 0 aromatic carbocycles. The van der Waals surface area contributed by atoms with Crippen LogP contribution in [0.5, 0.6) is 5.88 Å². The Morgan fingerprint density at radius 3 is 2.82 bits per heavy atom. The van der Waals surface area contributed by atoms with Crippen molar-refractivity contribution in [1.29, 1.82) is 0 Å². The first-order valence-corrected chi connectivity index (χ1v) is 12.0. The fourth-order valence-corrected chi connectivity index (χ4v) is 6.28. The second-order valence-electron chi connectivity index (χ2n) is 7.74. The number of thiophene rings is 1. The number of aromatic nitrogens is 2. The highest BCUT2D eigenvalue weighted by molar-refractivity contribution is 7.89. The Kier molecular flexibility index (Phi) is 6.39. The van der Waals surface area contributed by atoms with Gasteiger partial charge >= 0.3 is 0 Å². The molecular formula is C19H28N4O3S2. The van der Waals surface area contributed by atoms with Gasteiger partial charge in [-0.3, -0.25) is 0 Å². The molecular weight excluding hydrogens is 396 g/mol. The molecule has 2 aromatic heterocycles. The molecule has 154 valence electrons. The van der Waals surface area contributed by atoms with E-state index in [1.807, 2.05) is 4.31 Å². The van der Waals surface area contributed by atoms with Crippen molar-refractivity contribution in [1.82, 2.24) is 19.2 Å². The lowest BCUT2D eigenvalue weighted by Gasteiger charge is -2.32. The van der Waals surface area contributed by atoms with Crippen molar-refractivity contribution in [2.45, 2.75) is 50.8 Å². The van der Waals surface area contributed by atoms with Crippen LogP contribution in [0.1, 0.15) is 36.1 Å². The first kappa shape index (κ1) is 20.3. The Morgan fingerprint density at radius 1 is 1.32 bits per heavy atom. The van der Waals surface area contributed by atoms with Gasteiger partial charge in [-0.1, -0.05) is 0 Å². The van der Waals surface area contributed by atoms with Crippen LogP contribution in [-0.4, -0.2) is 74.0 Å². The number of hydrogen-bond donors (Lipinski definition) is 1. The van der Waals surface area contributed by atoms with Gasteiger partial charge in [-0.25, -0.2) is 9.97 Å². The predicted molar refractivity (Wildman–Crippen MR) is 112 cm³/mol. The summed E-state index contributed by atoms with van der Waals surface area (Å²) < 4.78 is 20.7. The molecule has 0 bridgehead atoms. The molecule has 9 heteroatoms. The molecule has 3 heterocycles. The smallest absolute Gasteiger partial charge is 0.225 e. The largest absolute Gasteiger partial charge is 0.598 e. The van der Waals surface area contributed by atoms with Gasteiger partial charge in [-0.2, -0.15) is 0 Å². The van der Waals surface area contributed by atoms with E-state index in [0.29, 0.717) is 18.5 Å². The van der Waals surface area contributed by atoms with Gasteiger partial charge in [0.2, 0.25) is 5.88 Å². The summed E-state index contributed by atoms with van der Waals surface area (Å²) in [5, 5.41) is 10.1. The van der Waals surface area contributed by atoms with E-state index in [9.17, 15) is 4.55 Å². The summed E-state index contributed by atoms with van der Waals surface area (Å²) in [6.45, 7) is 1.27. The fraction of sp³-hybridized carbons (Fsp3) is 0.684. The van der Waals surface area contributed by atoms with Gasteiger partial charge in [0.25, 0.3) is 0 Å². The van der Waals surface area contributed by atoms with Crippen LogP contribution < -0.4 is 4.74 Å². The van der Waals surface area contributed by atoms with E-state index < -0.39 is 11.4 Å². The van der Waals surface area contributed by atoms with Crippen molar-refractivity contribution in [2.24, 2.45) is 0 Å². The van der Waals surface area contributed by atoms with Gasteiger partial charge < -0.3 is 19.3 Å². The molecule has 1 aliphatic heterocycles. The number of aliphatic hydroxyl groups excluding tert-OH is 1. The van der Waals surface area contributed by atoms with Gasteiger partial charge in [0.1, 0.15) is 23.0 Å². The summed E-state index contributed by atoms with van der Waals surface area (Å²) in [7, 11) is 4.29. The second-order valence-corrected chi connectivity index (χ2v) is 10.4.